The van der Waals surface area contributed by atoms with E-state index in [9.17, 15) is 0 Å². The Kier molecular flexibility index (Phi) is 5.13. The summed E-state index contributed by atoms with van der Waals surface area (Å²) in [4.78, 5) is 12.6. The van der Waals surface area contributed by atoms with Crippen LogP contribution in [-0.2, 0) is 6.42 Å². The number of nitrogens with zero attached hydrogens (tertiary/aromatic N) is 3. The van der Waals surface area contributed by atoms with Gasteiger partial charge in [-0.05, 0) is 13.8 Å². The zero-order valence-electron chi connectivity index (χ0n) is 10.4. The van der Waals surface area contributed by atoms with Gasteiger partial charge in [0, 0.05) is 25.4 Å². The van der Waals surface area contributed by atoms with Crippen LogP contribution >= 0.6 is 0 Å². The first-order valence-electron chi connectivity index (χ1n) is 5.54. The van der Waals surface area contributed by atoms with Gasteiger partial charge in [-0.25, -0.2) is 4.99 Å². The minimum absolute atomic E-state index is 0.439. The van der Waals surface area contributed by atoms with Gasteiger partial charge >= 0.3 is 0 Å². The average molecular weight is 233 g/mol. The predicted molar refractivity (Wildman–Crippen MR) is 69.8 cm³/mol. The van der Waals surface area contributed by atoms with Crippen molar-refractivity contribution in [2.75, 3.05) is 13.1 Å². The quantitative estimate of drug-likeness (QED) is 0.448. The number of aryl methyl sites for hydroxylation is 1. The smallest absolute Gasteiger partial charge is 0.188 e. The fraction of sp³-hybridized carbons (Fsp3) is 0.417. The van der Waals surface area contributed by atoms with Crippen molar-refractivity contribution in [3.8, 4) is 0 Å². The lowest BCUT2D eigenvalue weighted by Crippen LogP contribution is -2.33. The third-order valence-corrected chi connectivity index (χ3v) is 2.17. The molecule has 92 valence electrons. The number of aliphatic imine (C=N–C) groups is 1. The molecule has 17 heavy (non-hydrogen) atoms. The molecule has 1 rings (SSSR count). The number of guanidine groups is 1. The molecular weight excluding hydrogens is 214 g/mol. The van der Waals surface area contributed by atoms with Crippen LogP contribution in [0.2, 0.25) is 0 Å². The first-order chi connectivity index (χ1) is 8.09. The lowest BCUT2D eigenvalue weighted by Gasteiger charge is -2.06. The third kappa shape index (κ3) is 5.10. The summed E-state index contributed by atoms with van der Waals surface area (Å²) in [6.07, 6.45) is 4.17. The standard InChI is InChI=1S/C12H19N5/c1-9(2)8-17-12(13)16-5-4-11-10(3)14-6-7-15-11/h6-7H,1,4-5,8H2,2-3H3,(H3,13,16,17). The van der Waals surface area contributed by atoms with Gasteiger partial charge in [-0.1, -0.05) is 12.2 Å². The third-order valence-electron chi connectivity index (χ3n) is 2.17. The van der Waals surface area contributed by atoms with Crippen LogP contribution < -0.4 is 11.1 Å². The Morgan fingerprint density at radius 3 is 2.82 bits per heavy atom. The maximum Gasteiger partial charge on any atom is 0.188 e. The first kappa shape index (κ1) is 13.2. The Morgan fingerprint density at radius 2 is 2.18 bits per heavy atom. The first-order valence-corrected chi connectivity index (χ1v) is 5.54. The molecule has 0 atom stereocenters. The number of hydrogen-bond acceptors (Lipinski definition) is 3. The monoisotopic (exact) mass is 233 g/mol. The van der Waals surface area contributed by atoms with Crippen LogP contribution in [-0.4, -0.2) is 29.0 Å². The number of nitrogens with one attached hydrogen (secondary N) is 1. The Bertz CT molecular complexity index is 411. The molecule has 0 saturated heterocycles. The zero-order valence-corrected chi connectivity index (χ0v) is 10.4. The second-order valence-corrected chi connectivity index (χ2v) is 3.92. The van der Waals surface area contributed by atoms with Crippen molar-refractivity contribution in [3.05, 3.63) is 35.9 Å². The van der Waals surface area contributed by atoms with Crippen molar-refractivity contribution in [1.82, 2.24) is 15.3 Å². The molecule has 0 bridgehead atoms. The van der Waals surface area contributed by atoms with Crippen molar-refractivity contribution >= 4 is 5.96 Å². The number of hydrogen-bond donors (Lipinski definition) is 2. The highest BCUT2D eigenvalue weighted by molar-refractivity contribution is 5.77. The van der Waals surface area contributed by atoms with Gasteiger partial charge in [0.05, 0.1) is 17.9 Å². The fourth-order valence-electron chi connectivity index (χ4n) is 1.27. The topological polar surface area (TPSA) is 76.2 Å². The van der Waals surface area contributed by atoms with Crippen LogP contribution in [0.3, 0.4) is 0 Å². The molecule has 0 amide bonds. The van der Waals surface area contributed by atoms with E-state index in [1.165, 1.54) is 0 Å². The molecule has 0 aromatic carbocycles. The molecule has 3 N–H and O–H groups in total. The summed E-state index contributed by atoms with van der Waals surface area (Å²) < 4.78 is 0. The second kappa shape index (κ2) is 6.62. The van der Waals surface area contributed by atoms with E-state index >= 15 is 0 Å². The van der Waals surface area contributed by atoms with Crippen LogP contribution in [0.25, 0.3) is 0 Å². The predicted octanol–water partition coefficient (Wildman–Crippen LogP) is 0.808. The Morgan fingerprint density at radius 1 is 1.47 bits per heavy atom. The zero-order chi connectivity index (χ0) is 12.7. The summed E-state index contributed by atoms with van der Waals surface area (Å²) in [5, 5.41) is 3.03. The van der Waals surface area contributed by atoms with Crippen LogP contribution in [0.5, 0.6) is 0 Å². The van der Waals surface area contributed by atoms with E-state index < -0.39 is 0 Å². The van der Waals surface area contributed by atoms with Gasteiger partial charge in [0.15, 0.2) is 5.96 Å². The van der Waals surface area contributed by atoms with Gasteiger partial charge in [-0.15, -0.1) is 0 Å². The summed E-state index contributed by atoms with van der Waals surface area (Å²) in [5.74, 6) is 0.439. The highest BCUT2D eigenvalue weighted by Gasteiger charge is 1.99. The van der Waals surface area contributed by atoms with Gasteiger partial charge < -0.3 is 11.1 Å². The Labute approximate surface area is 102 Å². The molecule has 5 nitrogen and oxygen atoms in total. The summed E-state index contributed by atoms with van der Waals surface area (Å²) >= 11 is 0. The minimum Gasteiger partial charge on any atom is -0.370 e. The average Bonchev–Trinajstić information content (AvgIpc) is 2.29. The molecule has 1 aromatic rings. The lowest BCUT2D eigenvalue weighted by molar-refractivity contribution is 0.814. The van der Waals surface area contributed by atoms with E-state index in [1.54, 1.807) is 12.4 Å². The lowest BCUT2D eigenvalue weighted by atomic mass is 10.2. The van der Waals surface area contributed by atoms with Crippen LogP contribution in [0.1, 0.15) is 18.3 Å². The molecule has 0 fully saturated rings. The molecule has 0 aliphatic heterocycles. The van der Waals surface area contributed by atoms with Crippen molar-refractivity contribution in [2.24, 2.45) is 10.7 Å². The summed E-state index contributed by atoms with van der Waals surface area (Å²) in [6, 6.07) is 0. The van der Waals surface area contributed by atoms with E-state index in [4.69, 9.17) is 5.73 Å². The van der Waals surface area contributed by atoms with Gasteiger partial charge in [0.1, 0.15) is 0 Å². The van der Waals surface area contributed by atoms with Crippen molar-refractivity contribution in [1.29, 1.82) is 0 Å². The largest absolute Gasteiger partial charge is 0.370 e. The highest BCUT2D eigenvalue weighted by Crippen LogP contribution is 1.98. The summed E-state index contributed by atoms with van der Waals surface area (Å²) in [7, 11) is 0. The van der Waals surface area contributed by atoms with Gasteiger partial charge in [0.25, 0.3) is 0 Å². The number of rotatable bonds is 5. The number of nitrogens with two attached hydrogens (primary N) is 1. The van der Waals surface area contributed by atoms with Gasteiger partial charge in [-0.2, -0.15) is 0 Å². The summed E-state index contributed by atoms with van der Waals surface area (Å²) in [5.41, 5.74) is 8.60. The van der Waals surface area contributed by atoms with Crippen LogP contribution in [0, 0.1) is 6.92 Å². The second-order valence-electron chi connectivity index (χ2n) is 3.92. The highest BCUT2D eigenvalue weighted by atomic mass is 15.1. The molecule has 1 heterocycles. The van der Waals surface area contributed by atoms with E-state index in [0.29, 0.717) is 19.0 Å². The molecule has 0 unspecified atom stereocenters. The molecule has 1 aromatic heterocycles. The van der Waals surface area contributed by atoms with Crippen molar-refractivity contribution in [2.45, 2.75) is 20.3 Å². The normalized spacial score (nSPS) is 11.3. The van der Waals surface area contributed by atoms with Gasteiger partial charge in [0.2, 0.25) is 0 Å². The molecule has 5 heteroatoms. The SMILES string of the molecule is C=C(C)CN=C(N)NCCc1nccnc1C. The van der Waals surface area contributed by atoms with E-state index in [2.05, 4.69) is 26.9 Å². The molecule has 0 spiro atoms. The fourth-order valence-corrected chi connectivity index (χ4v) is 1.27. The molecule has 0 aliphatic rings. The molecule has 0 aliphatic carbocycles. The Balaban J connectivity index is 2.35. The van der Waals surface area contributed by atoms with Crippen molar-refractivity contribution < 1.29 is 0 Å². The van der Waals surface area contributed by atoms with Gasteiger partial charge in [-0.3, -0.25) is 9.97 Å². The van der Waals surface area contributed by atoms with Crippen LogP contribution in [0.4, 0.5) is 0 Å². The molecular formula is C12H19N5. The van der Waals surface area contributed by atoms with Crippen molar-refractivity contribution in [3.63, 3.8) is 0 Å². The minimum atomic E-state index is 0.439. The maximum absolute atomic E-state index is 5.69. The van der Waals surface area contributed by atoms with E-state index in [0.717, 1.165) is 23.4 Å². The number of aromatic nitrogens is 2. The van der Waals surface area contributed by atoms with Crippen LogP contribution in [0.15, 0.2) is 29.5 Å². The molecule has 0 radical (unpaired) electrons. The van der Waals surface area contributed by atoms with E-state index in [1.807, 2.05) is 13.8 Å². The summed E-state index contributed by atoms with van der Waals surface area (Å²) in [6.45, 7) is 8.88. The van der Waals surface area contributed by atoms with E-state index in [-0.39, 0.29) is 0 Å². The maximum atomic E-state index is 5.69. The Hall–Kier alpha value is -1.91. The molecule has 0 saturated carbocycles.